The summed E-state index contributed by atoms with van der Waals surface area (Å²) in [7, 11) is 0. The second-order valence-corrected chi connectivity index (χ2v) is 6.61. The number of para-hydroxylation sites is 1. The van der Waals surface area contributed by atoms with Crippen molar-refractivity contribution in [2.75, 3.05) is 59.1 Å². The van der Waals surface area contributed by atoms with Crippen molar-refractivity contribution in [3.05, 3.63) is 30.3 Å². The molecule has 2 atom stereocenters. The number of hydrogen-bond acceptors (Lipinski definition) is 5. The molecule has 5 heteroatoms. The molecule has 0 radical (unpaired) electrons. The number of morpholine rings is 1. The van der Waals surface area contributed by atoms with Crippen LogP contribution in [0.5, 0.6) is 5.75 Å². The highest BCUT2D eigenvalue weighted by molar-refractivity contribution is 5.20. The van der Waals surface area contributed by atoms with Crippen LogP contribution in [0, 0.1) is 5.92 Å². The predicted octanol–water partition coefficient (Wildman–Crippen LogP) is 1.08. The van der Waals surface area contributed by atoms with Crippen LogP contribution in [0.4, 0.5) is 0 Å². The van der Waals surface area contributed by atoms with Gasteiger partial charge >= 0.3 is 0 Å². The van der Waals surface area contributed by atoms with Crippen molar-refractivity contribution in [2.45, 2.75) is 12.5 Å². The van der Waals surface area contributed by atoms with E-state index in [1.54, 1.807) is 0 Å². The van der Waals surface area contributed by atoms with Crippen LogP contribution in [-0.4, -0.2) is 80.1 Å². The van der Waals surface area contributed by atoms with Crippen LogP contribution in [0.25, 0.3) is 0 Å². The fraction of sp³-hybridized carbons (Fsp3) is 0.667. The Kier molecular flexibility index (Phi) is 6.28. The molecule has 0 amide bonds. The maximum absolute atomic E-state index is 10.2. The maximum atomic E-state index is 10.2. The standard InChI is InChI=1S/C18H28N2O3/c21-17(15-23-18-4-2-1-3-5-18)14-20-7-6-16(13-20)12-19-8-10-22-11-9-19/h1-5,16-17,21H,6-15H2. The number of benzene rings is 1. The van der Waals surface area contributed by atoms with E-state index in [-0.39, 0.29) is 0 Å². The summed E-state index contributed by atoms with van der Waals surface area (Å²) in [6, 6.07) is 9.68. The van der Waals surface area contributed by atoms with Gasteiger partial charge in [-0.3, -0.25) is 4.90 Å². The Hall–Kier alpha value is -1.14. The van der Waals surface area contributed by atoms with Gasteiger partial charge in [0.2, 0.25) is 0 Å². The van der Waals surface area contributed by atoms with Gasteiger partial charge in [-0.2, -0.15) is 0 Å². The van der Waals surface area contributed by atoms with Crippen molar-refractivity contribution in [3.63, 3.8) is 0 Å². The molecule has 0 aromatic heterocycles. The monoisotopic (exact) mass is 320 g/mol. The summed E-state index contributed by atoms with van der Waals surface area (Å²) in [5.74, 6) is 1.54. The molecular formula is C18H28N2O3. The molecule has 0 aliphatic carbocycles. The summed E-state index contributed by atoms with van der Waals surface area (Å²) < 4.78 is 11.0. The number of aliphatic hydroxyl groups is 1. The second kappa shape index (κ2) is 8.64. The van der Waals surface area contributed by atoms with E-state index in [2.05, 4.69) is 9.80 Å². The first-order chi connectivity index (χ1) is 11.3. The summed E-state index contributed by atoms with van der Waals surface area (Å²) in [5.41, 5.74) is 0. The SMILES string of the molecule is OC(COc1ccccc1)CN1CCC(CN2CCOCC2)C1. The first-order valence-corrected chi connectivity index (χ1v) is 8.68. The van der Waals surface area contributed by atoms with Crippen LogP contribution in [0.3, 0.4) is 0 Å². The van der Waals surface area contributed by atoms with Gasteiger partial charge in [-0.15, -0.1) is 0 Å². The largest absolute Gasteiger partial charge is 0.491 e. The van der Waals surface area contributed by atoms with Crippen LogP contribution in [0.15, 0.2) is 30.3 Å². The van der Waals surface area contributed by atoms with Gasteiger partial charge in [-0.25, -0.2) is 0 Å². The average molecular weight is 320 g/mol. The molecule has 1 aromatic carbocycles. The van der Waals surface area contributed by atoms with Gasteiger partial charge < -0.3 is 19.5 Å². The van der Waals surface area contributed by atoms with Crippen LogP contribution in [0.1, 0.15) is 6.42 Å². The number of β-amino-alcohol motifs (C(OH)–C–C–N with tert-alkyl or cyclic N) is 1. The molecule has 128 valence electrons. The van der Waals surface area contributed by atoms with Gasteiger partial charge in [0.1, 0.15) is 18.5 Å². The van der Waals surface area contributed by atoms with E-state index in [0.717, 1.165) is 57.6 Å². The third-order valence-corrected chi connectivity index (χ3v) is 4.64. The number of aliphatic hydroxyl groups excluding tert-OH is 1. The molecule has 1 aromatic rings. The van der Waals surface area contributed by atoms with Crippen molar-refractivity contribution in [3.8, 4) is 5.75 Å². The van der Waals surface area contributed by atoms with Crippen molar-refractivity contribution >= 4 is 0 Å². The normalized spacial score (nSPS) is 24.7. The van der Waals surface area contributed by atoms with E-state index in [1.165, 1.54) is 6.42 Å². The number of likely N-dealkylation sites (tertiary alicyclic amines) is 1. The topological polar surface area (TPSA) is 45.2 Å². The van der Waals surface area contributed by atoms with Gasteiger partial charge in [0.05, 0.1) is 13.2 Å². The fourth-order valence-electron chi connectivity index (χ4n) is 3.44. The highest BCUT2D eigenvalue weighted by Crippen LogP contribution is 2.18. The molecule has 3 rings (SSSR count). The Balaban J connectivity index is 1.34. The summed E-state index contributed by atoms with van der Waals surface area (Å²) >= 11 is 0. The first kappa shape index (κ1) is 16.7. The highest BCUT2D eigenvalue weighted by Gasteiger charge is 2.26. The third-order valence-electron chi connectivity index (χ3n) is 4.64. The van der Waals surface area contributed by atoms with Crippen LogP contribution < -0.4 is 4.74 Å². The first-order valence-electron chi connectivity index (χ1n) is 8.68. The molecule has 0 bridgehead atoms. The Morgan fingerprint density at radius 2 is 1.91 bits per heavy atom. The molecule has 0 saturated carbocycles. The Morgan fingerprint density at radius 1 is 1.13 bits per heavy atom. The fourth-order valence-corrected chi connectivity index (χ4v) is 3.44. The number of hydrogen-bond donors (Lipinski definition) is 1. The minimum Gasteiger partial charge on any atom is -0.491 e. The lowest BCUT2D eigenvalue weighted by atomic mass is 10.1. The second-order valence-electron chi connectivity index (χ2n) is 6.61. The van der Waals surface area contributed by atoms with Crippen LogP contribution in [0.2, 0.25) is 0 Å². The lowest BCUT2D eigenvalue weighted by Gasteiger charge is -2.29. The van der Waals surface area contributed by atoms with E-state index in [9.17, 15) is 5.11 Å². The molecule has 2 heterocycles. The molecule has 0 spiro atoms. The number of nitrogens with zero attached hydrogens (tertiary/aromatic N) is 2. The molecule has 2 aliphatic rings. The molecule has 2 fully saturated rings. The zero-order valence-corrected chi connectivity index (χ0v) is 13.8. The van der Waals surface area contributed by atoms with Crippen molar-refractivity contribution in [2.24, 2.45) is 5.92 Å². The third kappa shape index (κ3) is 5.46. The van der Waals surface area contributed by atoms with Gasteiger partial charge in [0.25, 0.3) is 0 Å². The predicted molar refractivity (Wildman–Crippen MR) is 89.7 cm³/mol. The van der Waals surface area contributed by atoms with Crippen molar-refractivity contribution < 1.29 is 14.6 Å². The molecule has 23 heavy (non-hydrogen) atoms. The minimum atomic E-state index is -0.433. The summed E-state index contributed by atoms with van der Waals surface area (Å²) in [6.45, 7) is 8.24. The van der Waals surface area contributed by atoms with Crippen molar-refractivity contribution in [1.82, 2.24) is 9.80 Å². The summed E-state index contributed by atoms with van der Waals surface area (Å²) in [6.07, 6.45) is 0.793. The van der Waals surface area contributed by atoms with Gasteiger partial charge in [0, 0.05) is 32.7 Å². The Morgan fingerprint density at radius 3 is 2.70 bits per heavy atom. The molecule has 5 nitrogen and oxygen atoms in total. The van der Waals surface area contributed by atoms with E-state index >= 15 is 0 Å². The zero-order chi connectivity index (χ0) is 15.9. The van der Waals surface area contributed by atoms with E-state index in [1.807, 2.05) is 30.3 Å². The molecule has 2 saturated heterocycles. The summed E-state index contributed by atoms with van der Waals surface area (Å²) in [5, 5.41) is 10.2. The van der Waals surface area contributed by atoms with Gasteiger partial charge in [-0.1, -0.05) is 18.2 Å². The van der Waals surface area contributed by atoms with Crippen LogP contribution >= 0.6 is 0 Å². The molecule has 2 aliphatic heterocycles. The highest BCUT2D eigenvalue weighted by atomic mass is 16.5. The lowest BCUT2D eigenvalue weighted by Crippen LogP contribution is -2.40. The number of ether oxygens (including phenoxy) is 2. The quantitative estimate of drug-likeness (QED) is 0.814. The van der Waals surface area contributed by atoms with E-state index < -0.39 is 6.10 Å². The van der Waals surface area contributed by atoms with E-state index in [0.29, 0.717) is 13.2 Å². The maximum Gasteiger partial charge on any atom is 0.119 e. The molecule has 2 unspecified atom stereocenters. The van der Waals surface area contributed by atoms with Gasteiger partial charge in [0.15, 0.2) is 0 Å². The van der Waals surface area contributed by atoms with Crippen molar-refractivity contribution in [1.29, 1.82) is 0 Å². The number of rotatable bonds is 7. The lowest BCUT2D eigenvalue weighted by molar-refractivity contribution is 0.0304. The summed E-state index contributed by atoms with van der Waals surface area (Å²) in [4.78, 5) is 4.87. The van der Waals surface area contributed by atoms with Crippen LogP contribution in [-0.2, 0) is 4.74 Å². The Bertz CT molecular complexity index is 451. The van der Waals surface area contributed by atoms with Gasteiger partial charge in [-0.05, 0) is 31.0 Å². The average Bonchev–Trinajstić information content (AvgIpc) is 3.02. The zero-order valence-electron chi connectivity index (χ0n) is 13.8. The van der Waals surface area contributed by atoms with E-state index in [4.69, 9.17) is 9.47 Å². The molecular weight excluding hydrogens is 292 g/mol. The Labute approximate surface area is 138 Å². The minimum absolute atomic E-state index is 0.356. The smallest absolute Gasteiger partial charge is 0.119 e. The molecule has 1 N–H and O–H groups in total.